The fraction of sp³-hybridized carbons (Fsp3) is 0.261. The second kappa shape index (κ2) is 11.0. The van der Waals surface area contributed by atoms with Gasteiger partial charge in [-0.3, -0.25) is 29.0 Å². The molecule has 3 aliphatic heterocycles. The van der Waals surface area contributed by atoms with Gasteiger partial charge in [-0.05, 0) is 19.3 Å². The van der Waals surface area contributed by atoms with Gasteiger partial charge in [0, 0.05) is 30.8 Å². The average molecular weight is 580 g/mol. The number of amides is 2. The lowest BCUT2D eigenvalue weighted by Gasteiger charge is -2.22. The largest absolute Gasteiger partial charge is 0.480 e. The lowest BCUT2D eigenvalue weighted by molar-refractivity contribution is -0.141. The zero-order valence-corrected chi connectivity index (χ0v) is 22.7. The summed E-state index contributed by atoms with van der Waals surface area (Å²) in [6.07, 6.45) is 4.22. The number of carboxylic acid groups (broad SMARTS) is 2. The first kappa shape index (κ1) is 27.3. The maximum Gasteiger partial charge on any atom is 0.323 e. The van der Waals surface area contributed by atoms with E-state index in [0.717, 1.165) is 39.0 Å². The van der Waals surface area contributed by atoms with E-state index in [1.165, 1.54) is 12.2 Å². The van der Waals surface area contributed by atoms with Crippen LogP contribution in [0.4, 0.5) is 5.69 Å². The minimum absolute atomic E-state index is 0.000515. The number of carboxylic acids is 2. The van der Waals surface area contributed by atoms with E-state index < -0.39 is 36.8 Å². The van der Waals surface area contributed by atoms with Crippen LogP contribution in [0.3, 0.4) is 0 Å². The van der Waals surface area contributed by atoms with Gasteiger partial charge in [0.1, 0.15) is 22.3 Å². The van der Waals surface area contributed by atoms with Crippen molar-refractivity contribution in [3.8, 4) is 17.2 Å². The molecule has 15 heteroatoms. The van der Waals surface area contributed by atoms with E-state index >= 15 is 0 Å². The normalized spacial score (nSPS) is 18.6. The van der Waals surface area contributed by atoms with Crippen molar-refractivity contribution in [1.29, 1.82) is 0 Å². The number of thioether (sulfide) groups is 2. The fourth-order valence-corrected chi connectivity index (χ4v) is 6.00. The number of benzene rings is 1. The van der Waals surface area contributed by atoms with Gasteiger partial charge in [-0.15, -0.1) is 11.8 Å². The molecule has 3 aliphatic rings. The maximum atomic E-state index is 13.2. The summed E-state index contributed by atoms with van der Waals surface area (Å²) in [6.45, 7) is 0.469. The standard InChI is InChI=1S/C23H21N3O9S3/c1-11(21-24(2)12-6-14-15(34-10-33-14)7-13(12)35-21)4-5-16(27)25(8-17(28)29)22(37-3)19-20(32)26(9-18(30)31)23(36)38-19/h4-7H,8-10H2,1-3H3,(H,28,29)(H,30,31)/b5-4?,21-11+,22-19+. The Bertz CT molecular complexity index is 1350. The topological polar surface area (TPSA) is 146 Å². The van der Waals surface area contributed by atoms with Crippen molar-refractivity contribution in [3.05, 3.63) is 45.7 Å². The number of rotatable bonds is 8. The molecule has 4 rings (SSSR count). The van der Waals surface area contributed by atoms with Crippen LogP contribution in [0.5, 0.6) is 17.2 Å². The Morgan fingerprint density at radius 3 is 2.47 bits per heavy atom. The third kappa shape index (κ3) is 5.30. The summed E-state index contributed by atoms with van der Waals surface area (Å²) in [5, 5.41) is 18.6. The van der Waals surface area contributed by atoms with Crippen molar-refractivity contribution in [2.45, 2.75) is 6.92 Å². The Morgan fingerprint density at radius 1 is 1.16 bits per heavy atom. The van der Waals surface area contributed by atoms with E-state index in [0.29, 0.717) is 28.7 Å². The Hall–Kier alpha value is -3.69. The SMILES string of the molecule is CS/C(=C1/SC(=S)N(CC(=O)O)C1=O)N(CC(=O)O)C(=O)C=C/C(C)=C1/Oc2cc3c(cc2N1C)OCO3. The molecule has 1 fully saturated rings. The Kier molecular flexibility index (Phi) is 7.89. The van der Waals surface area contributed by atoms with Gasteiger partial charge in [-0.2, -0.15) is 0 Å². The highest BCUT2D eigenvalue weighted by molar-refractivity contribution is 8.27. The Morgan fingerprint density at radius 2 is 1.84 bits per heavy atom. The molecule has 0 unspecified atom stereocenters. The number of hydrogen-bond acceptors (Lipinski definition) is 11. The molecular weight excluding hydrogens is 558 g/mol. The molecule has 0 saturated carbocycles. The lowest BCUT2D eigenvalue weighted by atomic mass is 10.2. The summed E-state index contributed by atoms with van der Waals surface area (Å²) in [7, 11) is 1.78. The van der Waals surface area contributed by atoms with Crippen molar-refractivity contribution in [1.82, 2.24) is 9.80 Å². The highest BCUT2D eigenvalue weighted by atomic mass is 32.2. The molecular formula is C23H21N3O9S3. The number of aliphatic carboxylic acids is 2. The van der Waals surface area contributed by atoms with Crippen LogP contribution in [0.25, 0.3) is 0 Å². The van der Waals surface area contributed by atoms with Gasteiger partial charge in [0.2, 0.25) is 12.7 Å². The Balaban J connectivity index is 1.60. The molecule has 12 nitrogen and oxygen atoms in total. The van der Waals surface area contributed by atoms with Crippen LogP contribution in [0.15, 0.2) is 45.7 Å². The van der Waals surface area contributed by atoms with Gasteiger partial charge >= 0.3 is 11.9 Å². The molecule has 0 aromatic heterocycles. The van der Waals surface area contributed by atoms with E-state index in [4.69, 9.17) is 31.5 Å². The summed E-state index contributed by atoms with van der Waals surface area (Å²) in [5.74, 6) is -1.85. The number of thiocarbonyl (C=S) groups is 1. The third-order valence-corrected chi connectivity index (χ3v) is 7.85. The Labute approximate surface area is 230 Å². The average Bonchev–Trinajstić information content (AvgIpc) is 3.53. The minimum Gasteiger partial charge on any atom is -0.480 e. The van der Waals surface area contributed by atoms with Gasteiger partial charge in [-0.25, -0.2) is 0 Å². The van der Waals surface area contributed by atoms with E-state index in [1.54, 1.807) is 37.3 Å². The van der Waals surface area contributed by atoms with E-state index in [1.807, 2.05) is 0 Å². The zero-order chi connectivity index (χ0) is 27.7. The molecule has 1 aromatic carbocycles. The van der Waals surface area contributed by atoms with Crippen molar-refractivity contribution < 1.29 is 43.6 Å². The number of fused-ring (bicyclic) bond motifs is 2. The highest BCUT2D eigenvalue weighted by Crippen LogP contribution is 2.47. The molecule has 200 valence electrons. The fourth-order valence-electron chi connectivity index (χ4n) is 3.75. The number of ether oxygens (including phenoxy) is 3. The van der Waals surface area contributed by atoms with Gasteiger partial charge < -0.3 is 29.3 Å². The molecule has 0 spiro atoms. The maximum absolute atomic E-state index is 13.2. The predicted octanol–water partition coefficient (Wildman–Crippen LogP) is 2.42. The van der Waals surface area contributed by atoms with Crippen LogP contribution in [-0.4, -0.2) is 81.3 Å². The number of anilines is 1. The summed E-state index contributed by atoms with van der Waals surface area (Å²) in [6, 6.07) is 3.50. The van der Waals surface area contributed by atoms with Gasteiger partial charge in [0.25, 0.3) is 11.8 Å². The molecule has 0 radical (unpaired) electrons. The number of allylic oxidation sites excluding steroid dienone is 2. The number of carbonyl (C=O) groups excluding carboxylic acids is 2. The quantitative estimate of drug-likeness (QED) is 0.344. The third-order valence-electron chi connectivity index (χ3n) is 5.47. The van der Waals surface area contributed by atoms with E-state index in [-0.39, 0.29) is 21.0 Å². The van der Waals surface area contributed by atoms with Gasteiger partial charge in [-0.1, -0.05) is 24.0 Å². The zero-order valence-electron chi connectivity index (χ0n) is 20.2. The minimum atomic E-state index is -1.30. The molecule has 0 aliphatic carbocycles. The van der Waals surface area contributed by atoms with Gasteiger partial charge in [0.05, 0.1) is 10.7 Å². The molecule has 3 heterocycles. The summed E-state index contributed by atoms with van der Waals surface area (Å²) < 4.78 is 16.8. The van der Waals surface area contributed by atoms with E-state index in [9.17, 15) is 24.3 Å². The van der Waals surface area contributed by atoms with Gasteiger partial charge in [0.15, 0.2) is 17.2 Å². The second-order valence-electron chi connectivity index (χ2n) is 7.97. The monoisotopic (exact) mass is 579 g/mol. The number of carbonyl (C=O) groups is 4. The first-order chi connectivity index (χ1) is 18.0. The van der Waals surface area contributed by atoms with Crippen LogP contribution in [0.2, 0.25) is 0 Å². The summed E-state index contributed by atoms with van der Waals surface area (Å²) in [4.78, 5) is 52.3. The van der Waals surface area contributed by atoms with Crippen LogP contribution in [0.1, 0.15) is 6.92 Å². The van der Waals surface area contributed by atoms with Crippen molar-refractivity contribution in [2.75, 3.05) is 38.1 Å². The summed E-state index contributed by atoms with van der Waals surface area (Å²) >= 11 is 6.91. The van der Waals surface area contributed by atoms with Crippen molar-refractivity contribution in [2.24, 2.45) is 0 Å². The van der Waals surface area contributed by atoms with Crippen molar-refractivity contribution >= 4 is 69.5 Å². The van der Waals surface area contributed by atoms with Crippen molar-refractivity contribution in [3.63, 3.8) is 0 Å². The lowest BCUT2D eigenvalue weighted by Crippen LogP contribution is -2.36. The van der Waals surface area contributed by atoms with Crippen LogP contribution >= 0.6 is 35.7 Å². The number of nitrogens with zero attached hydrogens (tertiary/aromatic N) is 3. The molecule has 2 N–H and O–H groups in total. The number of hydrogen-bond donors (Lipinski definition) is 2. The molecule has 1 saturated heterocycles. The highest BCUT2D eigenvalue weighted by Gasteiger charge is 2.38. The van der Waals surface area contributed by atoms with Crippen LogP contribution in [0, 0.1) is 0 Å². The second-order valence-corrected chi connectivity index (χ2v) is 10.4. The van der Waals surface area contributed by atoms with Crippen LogP contribution in [-0.2, 0) is 19.2 Å². The molecule has 0 bridgehead atoms. The van der Waals surface area contributed by atoms with E-state index in [2.05, 4.69) is 0 Å². The molecule has 38 heavy (non-hydrogen) atoms. The first-order valence-electron chi connectivity index (χ1n) is 10.8. The molecule has 1 aromatic rings. The smallest absolute Gasteiger partial charge is 0.323 e. The molecule has 0 atom stereocenters. The summed E-state index contributed by atoms with van der Waals surface area (Å²) in [5.41, 5.74) is 1.30. The predicted molar refractivity (Wildman–Crippen MR) is 143 cm³/mol. The first-order valence-corrected chi connectivity index (χ1v) is 13.3. The molecule has 2 amide bonds. The van der Waals surface area contributed by atoms with Crippen LogP contribution < -0.4 is 19.1 Å².